The molecule has 78 valence electrons. The van der Waals surface area contributed by atoms with Gasteiger partial charge in [-0.15, -0.1) is 0 Å². The summed E-state index contributed by atoms with van der Waals surface area (Å²) < 4.78 is 0. The van der Waals surface area contributed by atoms with E-state index in [4.69, 9.17) is 0 Å². The Morgan fingerprint density at radius 1 is 1.31 bits per heavy atom. The van der Waals surface area contributed by atoms with Crippen molar-refractivity contribution in [2.75, 3.05) is 19.6 Å². The summed E-state index contributed by atoms with van der Waals surface area (Å²) in [6.07, 6.45) is 0.436. The Morgan fingerprint density at radius 3 is 2.08 bits per heavy atom. The second-order valence-electron chi connectivity index (χ2n) is 3.76. The van der Waals surface area contributed by atoms with Crippen LogP contribution in [0.4, 0.5) is 0 Å². The van der Waals surface area contributed by atoms with E-state index in [1.165, 1.54) is 13.8 Å². The third-order valence-electron chi connectivity index (χ3n) is 2.23. The van der Waals surface area contributed by atoms with Gasteiger partial charge in [0.05, 0.1) is 0 Å². The Hall–Kier alpha value is -0.410. The van der Waals surface area contributed by atoms with Gasteiger partial charge in [0, 0.05) is 13.0 Å². The molecule has 3 nitrogen and oxygen atoms in total. The van der Waals surface area contributed by atoms with Gasteiger partial charge in [0.1, 0.15) is 5.60 Å². The van der Waals surface area contributed by atoms with Gasteiger partial charge in [-0.25, -0.2) is 0 Å². The van der Waals surface area contributed by atoms with E-state index in [0.29, 0.717) is 6.42 Å². The highest BCUT2D eigenvalue weighted by Gasteiger charge is 2.23. The first kappa shape index (κ1) is 12.6. The largest absolute Gasteiger partial charge is 0.383 e. The Labute approximate surface area is 80.7 Å². The fourth-order valence-electron chi connectivity index (χ4n) is 1.11. The number of carbonyl (C=O) groups is 1. The van der Waals surface area contributed by atoms with E-state index in [1.54, 1.807) is 0 Å². The Morgan fingerprint density at radius 2 is 1.77 bits per heavy atom. The summed E-state index contributed by atoms with van der Waals surface area (Å²) >= 11 is 0. The van der Waals surface area contributed by atoms with Crippen LogP contribution in [0.15, 0.2) is 0 Å². The minimum atomic E-state index is -1.17. The number of carbonyl (C=O) groups excluding carboxylic acids is 1. The Bertz CT molecular complexity index is 157. The maximum Gasteiger partial charge on any atom is 0.165 e. The molecule has 0 fully saturated rings. The molecule has 0 rings (SSSR count). The van der Waals surface area contributed by atoms with Gasteiger partial charge >= 0.3 is 0 Å². The van der Waals surface area contributed by atoms with Crippen molar-refractivity contribution in [3.8, 4) is 0 Å². The van der Waals surface area contributed by atoms with Crippen molar-refractivity contribution < 1.29 is 9.90 Å². The van der Waals surface area contributed by atoms with Crippen molar-refractivity contribution in [2.24, 2.45) is 0 Å². The molecule has 0 aromatic heterocycles. The van der Waals surface area contributed by atoms with Gasteiger partial charge < -0.3 is 10.0 Å². The van der Waals surface area contributed by atoms with E-state index in [2.05, 4.69) is 18.7 Å². The Kier molecular flexibility index (Phi) is 5.18. The molecule has 0 spiro atoms. The SMILES string of the molecule is CCN(CC)CCC(=O)C(C)(C)O. The van der Waals surface area contributed by atoms with Crippen LogP contribution in [0, 0.1) is 0 Å². The molecule has 0 heterocycles. The van der Waals surface area contributed by atoms with Gasteiger partial charge in [0.2, 0.25) is 0 Å². The van der Waals surface area contributed by atoms with Crippen molar-refractivity contribution in [3.63, 3.8) is 0 Å². The zero-order valence-corrected chi connectivity index (χ0v) is 9.13. The lowest BCUT2D eigenvalue weighted by Gasteiger charge is -2.20. The summed E-state index contributed by atoms with van der Waals surface area (Å²) in [7, 11) is 0. The van der Waals surface area contributed by atoms with E-state index in [9.17, 15) is 9.90 Å². The number of nitrogens with zero attached hydrogens (tertiary/aromatic N) is 1. The zero-order chi connectivity index (χ0) is 10.5. The molecule has 13 heavy (non-hydrogen) atoms. The van der Waals surface area contributed by atoms with Gasteiger partial charge in [-0.1, -0.05) is 13.8 Å². The van der Waals surface area contributed by atoms with Crippen LogP contribution in [0.3, 0.4) is 0 Å². The van der Waals surface area contributed by atoms with Crippen LogP contribution in [-0.2, 0) is 4.79 Å². The topological polar surface area (TPSA) is 40.5 Å². The molecular formula is C10H21NO2. The molecule has 0 amide bonds. The first-order chi connectivity index (χ1) is 5.91. The molecule has 0 aromatic rings. The highest BCUT2D eigenvalue weighted by Crippen LogP contribution is 2.06. The van der Waals surface area contributed by atoms with Crippen LogP contribution in [0.25, 0.3) is 0 Å². The van der Waals surface area contributed by atoms with Gasteiger partial charge in [-0.05, 0) is 26.9 Å². The van der Waals surface area contributed by atoms with Crippen LogP contribution in [-0.4, -0.2) is 41.0 Å². The normalized spacial score (nSPS) is 12.2. The quantitative estimate of drug-likeness (QED) is 0.676. The van der Waals surface area contributed by atoms with Crippen LogP contribution >= 0.6 is 0 Å². The van der Waals surface area contributed by atoms with Gasteiger partial charge in [-0.3, -0.25) is 4.79 Å². The average molecular weight is 187 g/mol. The molecule has 0 aliphatic heterocycles. The minimum Gasteiger partial charge on any atom is -0.383 e. The highest BCUT2D eigenvalue weighted by molar-refractivity contribution is 5.86. The predicted molar refractivity (Wildman–Crippen MR) is 53.7 cm³/mol. The average Bonchev–Trinajstić information content (AvgIpc) is 2.04. The monoisotopic (exact) mass is 187 g/mol. The standard InChI is InChI=1S/C10H21NO2/c1-5-11(6-2)8-7-9(12)10(3,4)13/h13H,5-8H2,1-4H3. The lowest BCUT2D eigenvalue weighted by atomic mass is 10.0. The summed E-state index contributed by atoms with van der Waals surface area (Å²) in [4.78, 5) is 13.5. The van der Waals surface area contributed by atoms with Crippen LogP contribution < -0.4 is 0 Å². The molecule has 3 heteroatoms. The second-order valence-corrected chi connectivity index (χ2v) is 3.76. The molecule has 0 saturated heterocycles. The maximum atomic E-state index is 11.3. The minimum absolute atomic E-state index is 0.0839. The molecule has 0 aliphatic rings. The summed E-state index contributed by atoms with van der Waals surface area (Å²) in [6, 6.07) is 0. The van der Waals surface area contributed by atoms with Crippen molar-refractivity contribution in [1.82, 2.24) is 4.90 Å². The Balaban J connectivity index is 3.82. The molecule has 0 radical (unpaired) electrons. The third kappa shape index (κ3) is 5.01. The van der Waals surface area contributed by atoms with E-state index < -0.39 is 5.60 Å². The van der Waals surface area contributed by atoms with Crippen LogP contribution in [0.2, 0.25) is 0 Å². The van der Waals surface area contributed by atoms with Gasteiger partial charge in [-0.2, -0.15) is 0 Å². The zero-order valence-electron chi connectivity index (χ0n) is 9.13. The summed E-state index contributed by atoms with van der Waals surface area (Å²) in [5, 5.41) is 9.38. The van der Waals surface area contributed by atoms with Crippen molar-refractivity contribution in [1.29, 1.82) is 0 Å². The lowest BCUT2D eigenvalue weighted by Crippen LogP contribution is -2.35. The fourth-order valence-corrected chi connectivity index (χ4v) is 1.11. The van der Waals surface area contributed by atoms with E-state index >= 15 is 0 Å². The predicted octanol–water partition coefficient (Wildman–Crippen LogP) is 1.06. The van der Waals surface area contributed by atoms with Crippen molar-refractivity contribution in [2.45, 2.75) is 39.7 Å². The number of hydrogen-bond donors (Lipinski definition) is 1. The second kappa shape index (κ2) is 5.35. The fraction of sp³-hybridized carbons (Fsp3) is 0.900. The van der Waals surface area contributed by atoms with E-state index in [-0.39, 0.29) is 5.78 Å². The van der Waals surface area contributed by atoms with Crippen molar-refractivity contribution >= 4 is 5.78 Å². The molecule has 0 bridgehead atoms. The summed E-state index contributed by atoms with van der Waals surface area (Å²) in [5.74, 6) is -0.0839. The van der Waals surface area contributed by atoms with Crippen LogP contribution in [0.5, 0.6) is 0 Å². The molecule has 0 aliphatic carbocycles. The first-order valence-electron chi connectivity index (χ1n) is 4.89. The molecule has 0 aromatic carbocycles. The number of Topliss-reactive ketones (excluding diaryl/α,β-unsaturated/α-hetero) is 1. The van der Waals surface area contributed by atoms with E-state index in [0.717, 1.165) is 19.6 Å². The highest BCUT2D eigenvalue weighted by atomic mass is 16.3. The third-order valence-corrected chi connectivity index (χ3v) is 2.23. The first-order valence-corrected chi connectivity index (χ1v) is 4.89. The van der Waals surface area contributed by atoms with E-state index in [1.807, 2.05) is 0 Å². The van der Waals surface area contributed by atoms with Gasteiger partial charge in [0.25, 0.3) is 0 Å². The molecule has 1 N–H and O–H groups in total. The lowest BCUT2D eigenvalue weighted by molar-refractivity contribution is -0.134. The summed E-state index contributed by atoms with van der Waals surface area (Å²) in [5.41, 5.74) is -1.17. The molecule has 0 atom stereocenters. The number of aliphatic hydroxyl groups is 1. The maximum absolute atomic E-state index is 11.3. The number of ketones is 1. The molecule has 0 unspecified atom stereocenters. The number of hydrogen-bond acceptors (Lipinski definition) is 3. The molecule has 0 saturated carbocycles. The van der Waals surface area contributed by atoms with Crippen LogP contribution in [0.1, 0.15) is 34.1 Å². The van der Waals surface area contributed by atoms with Crippen molar-refractivity contribution in [3.05, 3.63) is 0 Å². The number of rotatable bonds is 6. The smallest absolute Gasteiger partial charge is 0.165 e. The van der Waals surface area contributed by atoms with Gasteiger partial charge in [0.15, 0.2) is 5.78 Å². The molecular weight excluding hydrogens is 166 g/mol. The summed E-state index contributed by atoms with van der Waals surface area (Å²) in [6.45, 7) is 9.87.